The highest BCUT2D eigenvalue weighted by Crippen LogP contribution is 2.51. The first-order valence-electron chi connectivity index (χ1n) is 7.73. The van der Waals surface area contributed by atoms with Crippen LogP contribution in [0.5, 0.6) is 5.88 Å². The van der Waals surface area contributed by atoms with Crippen molar-refractivity contribution in [2.24, 2.45) is 0 Å². The summed E-state index contributed by atoms with van der Waals surface area (Å²) in [7, 11) is 0. The van der Waals surface area contributed by atoms with Gasteiger partial charge in [-0.2, -0.15) is 5.26 Å². The average molecular weight is 336 g/mol. The molecule has 0 aliphatic heterocycles. The normalized spacial score (nSPS) is 18.7. The number of hydrogen-bond donors (Lipinski definition) is 2. The number of aromatic amines is 1. The Labute approximate surface area is 141 Å². The first-order chi connectivity index (χ1) is 12.1. The summed E-state index contributed by atoms with van der Waals surface area (Å²) in [6.45, 7) is 0. The van der Waals surface area contributed by atoms with Crippen LogP contribution in [0.15, 0.2) is 47.5 Å². The number of benzene rings is 1. The van der Waals surface area contributed by atoms with Crippen molar-refractivity contribution in [1.29, 1.82) is 5.26 Å². The number of imidazole rings is 1. The molecule has 0 spiro atoms. The number of hydrogen-bond acceptors (Lipinski definition) is 4. The van der Waals surface area contributed by atoms with E-state index in [9.17, 15) is 14.3 Å². The van der Waals surface area contributed by atoms with E-state index in [1.54, 1.807) is 18.3 Å². The van der Waals surface area contributed by atoms with Crippen molar-refractivity contribution in [3.05, 3.63) is 70.2 Å². The molecule has 1 aromatic carbocycles. The zero-order valence-corrected chi connectivity index (χ0v) is 13.0. The van der Waals surface area contributed by atoms with Crippen molar-refractivity contribution < 1.29 is 9.50 Å². The fourth-order valence-corrected chi connectivity index (χ4v) is 3.08. The van der Waals surface area contributed by atoms with Crippen LogP contribution in [0.1, 0.15) is 29.5 Å². The lowest BCUT2D eigenvalue weighted by atomic mass is 10.1. The van der Waals surface area contributed by atoms with E-state index >= 15 is 0 Å². The number of aromatic hydroxyl groups is 1. The Morgan fingerprint density at radius 2 is 2.20 bits per heavy atom. The smallest absolute Gasteiger partial charge is 0.328 e. The minimum absolute atomic E-state index is 0.0204. The molecule has 1 aliphatic rings. The predicted molar refractivity (Wildman–Crippen MR) is 87.5 cm³/mol. The van der Waals surface area contributed by atoms with Gasteiger partial charge in [0.15, 0.2) is 0 Å². The largest absolute Gasteiger partial charge is 0.493 e. The summed E-state index contributed by atoms with van der Waals surface area (Å²) < 4.78 is 14.8. The molecule has 2 aromatic heterocycles. The lowest BCUT2D eigenvalue weighted by Gasteiger charge is -2.05. The Kier molecular flexibility index (Phi) is 3.39. The predicted octanol–water partition coefficient (Wildman–Crippen LogP) is 2.68. The highest BCUT2D eigenvalue weighted by molar-refractivity contribution is 5.61. The summed E-state index contributed by atoms with van der Waals surface area (Å²) in [5.74, 6) is -0.512. The van der Waals surface area contributed by atoms with Gasteiger partial charge in [-0.15, -0.1) is 0 Å². The summed E-state index contributed by atoms with van der Waals surface area (Å²) >= 11 is 0. The first-order valence-corrected chi connectivity index (χ1v) is 7.73. The Morgan fingerprint density at radius 1 is 1.36 bits per heavy atom. The topological polar surface area (TPSA) is 94.7 Å². The summed E-state index contributed by atoms with van der Waals surface area (Å²) in [5.41, 5.74) is 1.91. The molecule has 0 bridgehead atoms. The van der Waals surface area contributed by atoms with E-state index in [0.717, 1.165) is 12.0 Å². The fraction of sp³-hybridized carbons (Fsp3) is 0.167. The minimum Gasteiger partial charge on any atom is -0.493 e. The Bertz CT molecular complexity index is 1050. The van der Waals surface area contributed by atoms with Crippen LogP contribution in [0.25, 0.3) is 11.3 Å². The van der Waals surface area contributed by atoms with Crippen LogP contribution >= 0.6 is 0 Å². The molecule has 124 valence electrons. The zero-order chi connectivity index (χ0) is 17.6. The fourth-order valence-electron chi connectivity index (χ4n) is 3.08. The number of pyridine rings is 1. The molecular weight excluding hydrogens is 323 g/mol. The molecule has 7 heteroatoms. The number of aromatic nitrogens is 3. The van der Waals surface area contributed by atoms with Crippen molar-refractivity contribution in [2.45, 2.75) is 18.4 Å². The third-order valence-electron chi connectivity index (χ3n) is 4.48. The van der Waals surface area contributed by atoms with Gasteiger partial charge in [0.25, 0.3) is 0 Å². The standard InChI is InChI=1S/C18H13FN4O2/c19-14-3-1-10(5-12(14)7-20)15-4-2-11(8-21-15)13-6-16(13)23-17(24)9-22-18(23)25/h1-5,8-9,13,16,24H,6H2,(H,22,25). The van der Waals surface area contributed by atoms with Gasteiger partial charge in [0.2, 0.25) is 5.88 Å². The van der Waals surface area contributed by atoms with Crippen LogP contribution in [0, 0.1) is 17.1 Å². The van der Waals surface area contributed by atoms with Gasteiger partial charge in [-0.3, -0.25) is 9.55 Å². The molecule has 0 radical (unpaired) electrons. The van der Waals surface area contributed by atoms with E-state index in [1.165, 1.54) is 22.9 Å². The van der Waals surface area contributed by atoms with Crippen molar-refractivity contribution in [3.63, 3.8) is 0 Å². The van der Waals surface area contributed by atoms with Gasteiger partial charge < -0.3 is 10.1 Å². The second-order valence-corrected chi connectivity index (χ2v) is 6.01. The Balaban J connectivity index is 1.58. The molecule has 0 saturated heterocycles. The quantitative estimate of drug-likeness (QED) is 0.769. The Hall–Kier alpha value is -3.40. The van der Waals surface area contributed by atoms with Crippen molar-refractivity contribution in [2.75, 3.05) is 0 Å². The van der Waals surface area contributed by atoms with E-state index in [0.29, 0.717) is 11.3 Å². The maximum atomic E-state index is 13.4. The molecule has 4 rings (SSSR count). The molecule has 6 nitrogen and oxygen atoms in total. The minimum atomic E-state index is -0.555. The van der Waals surface area contributed by atoms with Crippen LogP contribution in [0.4, 0.5) is 4.39 Å². The first kappa shape index (κ1) is 15.1. The summed E-state index contributed by atoms with van der Waals surface area (Å²) in [4.78, 5) is 18.5. The second-order valence-electron chi connectivity index (χ2n) is 6.01. The van der Waals surface area contributed by atoms with Gasteiger partial charge in [-0.25, -0.2) is 9.18 Å². The molecule has 3 aromatic rings. The SMILES string of the molecule is N#Cc1cc(-c2ccc(C3CC3n3c(O)c[nH]c3=O)cn2)ccc1F. The average Bonchev–Trinajstić information content (AvgIpc) is 3.34. The third kappa shape index (κ3) is 2.58. The van der Waals surface area contributed by atoms with Crippen LogP contribution < -0.4 is 5.69 Å². The second kappa shape index (κ2) is 5.60. The van der Waals surface area contributed by atoms with Crippen LogP contribution in [0.3, 0.4) is 0 Å². The Morgan fingerprint density at radius 3 is 2.84 bits per heavy atom. The maximum Gasteiger partial charge on any atom is 0.328 e. The van der Waals surface area contributed by atoms with Crippen molar-refractivity contribution in [3.8, 4) is 23.2 Å². The maximum absolute atomic E-state index is 13.4. The molecule has 2 unspecified atom stereocenters. The van der Waals surface area contributed by atoms with E-state index in [1.807, 2.05) is 12.1 Å². The van der Waals surface area contributed by atoms with Gasteiger partial charge in [-0.1, -0.05) is 6.07 Å². The van der Waals surface area contributed by atoms with Crippen LogP contribution in [-0.4, -0.2) is 19.6 Å². The third-order valence-corrected chi connectivity index (χ3v) is 4.48. The van der Waals surface area contributed by atoms with Gasteiger partial charge in [0, 0.05) is 23.7 Å². The molecule has 1 saturated carbocycles. The molecule has 2 heterocycles. The van der Waals surface area contributed by atoms with E-state index in [-0.39, 0.29) is 29.1 Å². The number of nitriles is 1. The number of H-pyrrole nitrogens is 1. The van der Waals surface area contributed by atoms with E-state index in [4.69, 9.17) is 5.26 Å². The zero-order valence-electron chi connectivity index (χ0n) is 13.0. The molecular formula is C18H13FN4O2. The summed E-state index contributed by atoms with van der Waals surface area (Å²) in [6.07, 6.45) is 3.74. The number of rotatable bonds is 3. The van der Waals surface area contributed by atoms with Crippen LogP contribution in [-0.2, 0) is 0 Å². The van der Waals surface area contributed by atoms with Gasteiger partial charge in [-0.05, 0) is 36.2 Å². The van der Waals surface area contributed by atoms with Gasteiger partial charge in [0.1, 0.15) is 11.9 Å². The number of nitrogens with one attached hydrogen (secondary N) is 1. The van der Waals surface area contributed by atoms with Crippen LogP contribution in [0.2, 0.25) is 0 Å². The summed E-state index contributed by atoms with van der Waals surface area (Å²) in [6, 6.07) is 9.74. The molecule has 2 N–H and O–H groups in total. The molecule has 1 aliphatic carbocycles. The van der Waals surface area contributed by atoms with E-state index < -0.39 is 5.82 Å². The highest BCUT2D eigenvalue weighted by Gasteiger charge is 2.42. The van der Waals surface area contributed by atoms with Crippen molar-refractivity contribution in [1.82, 2.24) is 14.5 Å². The molecule has 1 fully saturated rings. The van der Waals surface area contributed by atoms with Crippen molar-refractivity contribution >= 4 is 0 Å². The van der Waals surface area contributed by atoms with Gasteiger partial charge in [0.05, 0.1) is 17.5 Å². The van der Waals surface area contributed by atoms with Gasteiger partial charge >= 0.3 is 5.69 Å². The highest BCUT2D eigenvalue weighted by atomic mass is 19.1. The molecule has 0 amide bonds. The lowest BCUT2D eigenvalue weighted by Crippen LogP contribution is -2.15. The number of nitrogens with zero attached hydrogens (tertiary/aromatic N) is 3. The monoisotopic (exact) mass is 336 g/mol. The molecule has 2 atom stereocenters. The lowest BCUT2D eigenvalue weighted by molar-refractivity contribution is 0.413. The number of halogens is 1. The van der Waals surface area contributed by atoms with E-state index in [2.05, 4.69) is 9.97 Å². The summed E-state index contributed by atoms with van der Waals surface area (Å²) in [5, 5.41) is 18.6. The molecule has 25 heavy (non-hydrogen) atoms.